The minimum absolute atomic E-state index is 0.122. The van der Waals surface area contributed by atoms with Crippen LogP contribution in [0.1, 0.15) is 25.6 Å². The lowest BCUT2D eigenvalue weighted by Crippen LogP contribution is -2.15. The summed E-state index contributed by atoms with van der Waals surface area (Å²) in [6.07, 6.45) is 0. The zero-order valence-corrected chi connectivity index (χ0v) is 16.8. The standard InChI is InChI=1S/C19H21N3O3S2/c1-15(2)18-20-19(21-22(18)16-9-5-3-6-10-16)26-13-14-27(23,24)25-17-11-7-4-8-12-17/h3-12,15H,13-14H2,1-2H3. The van der Waals surface area contributed by atoms with E-state index in [0.717, 1.165) is 11.5 Å². The number of rotatable bonds is 8. The van der Waals surface area contributed by atoms with Crippen LogP contribution in [0.5, 0.6) is 5.75 Å². The minimum Gasteiger partial charge on any atom is -0.382 e. The van der Waals surface area contributed by atoms with Gasteiger partial charge in [-0.25, -0.2) is 9.67 Å². The fourth-order valence-corrected chi connectivity index (χ4v) is 4.52. The predicted octanol–water partition coefficient (Wildman–Crippen LogP) is 3.89. The van der Waals surface area contributed by atoms with E-state index in [1.165, 1.54) is 11.8 Å². The van der Waals surface area contributed by atoms with Gasteiger partial charge in [0.2, 0.25) is 5.16 Å². The van der Waals surface area contributed by atoms with Gasteiger partial charge in [-0.15, -0.1) is 5.10 Å². The van der Waals surface area contributed by atoms with Crippen molar-refractivity contribution in [2.45, 2.75) is 24.9 Å². The van der Waals surface area contributed by atoms with Crippen molar-refractivity contribution in [2.75, 3.05) is 11.5 Å². The van der Waals surface area contributed by atoms with Crippen LogP contribution >= 0.6 is 11.8 Å². The molecule has 0 aliphatic heterocycles. The van der Waals surface area contributed by atoms with Gasteiger partial charge >= 0.3 is 10.1 Å². The molecule has 0 saturated heterocycles. The molecular weight excluding hydrogens is 382 g/mol. The van der Waals surface area contributed by atoms with E-state index in [4.69, 9.17) is 4.18 Å². The molecule has 0 radical (unpaired) electrons. The van der Waals surface area contributed by atoms with Gasteiger partial charge in [0.1, 0.15) is 11.6 Å². The monoisotopic (exact) mass is 403 g/mol. The fraction of sp³-hybridized carbons (Fsp3) is 0.263. The maximum absolute atomic E-state index is 12.1. The molecule has 0 aliphatic carbocycles. The van der Waals surface area contributed by atoms with E-state index in [9.17, 15) is 8.42 Å². The van der Waals surface area contributed by atoms with Crippen LogP contribution in [0.2, 0.25) is 0 Å². The first-order valence-corrected chi connectivity index (χ1v) is 11.1. The number of benzene rings is 2. The van der Waals surface area contributed by atoms with Crippen molar-refractivity contribution in [2.24, 2.45) is 0 Å². The summed E-state index contributed by atoms with van der Waals surface area (Å²) in [7, 11) is -3.66. The van der Waals surface area contributed by atoms with Crippen molar-refractivity contribution in [3.05, 3.63) is 66.5 Å². The highest BCUT2D eigenvalue weighted by Crippen LogP contribution is 2.22. The van der Waals surface area contributed by atoms with E-state index in [0.29, 0.717) is 16.7 Å². The molecule has 3 rings (SSSR count). The Morgan fingerprint density at radius 1 is 1.04 bits per heavy atom. The second kappa shape index (κ2) is 8.58. The van der Waals surface area contributed by atoms with E-state index in [-0.39, 0.29) is 11.7 Å². The fourth-order valence-electron chi connectivity index (χ4n) is 2.40. The highest BCUT2D eigenvalue weighted by molar-refractivity contribution is 8.00. The Morgan fingerprint density at radius 3 is 2.30 bits per heavy atom. The van der Waals surface area contributed by atoms with Crippen LogP contribution < -0.4 is 4.18 Å². The second-order valence-corrected chi connectivity index (χ2v) is 8.91. The van der Waals surface area contributed by atoms with E-state index < -0.39 is 10.1 Å². The third kappa shape index (κ3) is 5.33. The third-order valence-corrected chi connectivity index (χ3v) is 5.91. The molecular formula is C19H21N3O3S2. The topological polar surface area (TPSA) is 74.1 Å². The molecule has 0 atom stereocenters. The quantitative estimate of drug-likeness (QED) is 0.420. The molecule has 0 saturated carbocycles. The van der Waals surface area contributed by atoms with Crippen LogP contribution in [0, 0.1) is 0 Å². The molecule has 27 heavy (non-hydrogen) atoms. The summed E-state index contributed by atoms with van der Waals surface area (Å²) in [5, 5.41) is 5.09. The molecule has 2 aromatic carbocycles. The highest BCUT2D eigenvalue weighted by atomic mass is 32.2. The SMILES string of the molecule is CC(C)c1nc(SCCS(=O)(=O)Oc2ccccc2)nn1-c1ccccc1. The van der Waals surface area contributed by atoms with Crippen molar-refractivity contribution in [3.8, 4) is 11.4 Å². The molecule has 1 heterocycles. The first-order chi connectivity index (χ1) is 12.9. The molecule has 0 bridgehead atoms. The van der Waals surface area contributed by atoms with Crippen molar-refractivity contribution in [1.29, 1.82) is 0 Å². The highest BCUT2D eigenvalue weighted by Gasteiger charge is 2.17. The Labute approximate surface area is 163 Å². The number of aromatic nitrogens is 3. The molecule has 1 aromatic heterocycles. The molecule has 8 heteroatoms. The van der Waals surface area contributed by atoms with Crippen LogP contribution in [0.25, 0.3) is 5.69 Å². The van der Waals surface area contributed by atoms with Gasteiger partial charge in [-0.3, -0.25) is 0 Å². The smallest absolute Gasteiger partial charge is 0.310 e. The van der Waals surface area contributed by atoms with Gasteiger partial charge in [-0.1, -0.05) is 62.0 Å². The van der Waals surface area contributed by atoms with Crippen LogP contribution in [-0.4, -0.2) is 34.7 Å². The molecule has 3 aromatic rings. The van der Waals surface area contributed by atoms with Gasteiger partial charge in [-0.05, 0) is 24.3 Å². The Balaban J connectivity index is 1.66. The van der Waals surface area contributed by atoms with Gasteiger partial charge in [0.15, 0.2) is 0 Å². The summed E-state index contributed by atoms with van der Waals surface area (Å²) >= 11 is 1.30. The van der Waals surface area contributed by atoms with Gasteiger partial charge in [-0.2, -0.15) is 8.42 Å². The summed E-state index contributed by atoms with van der Waals surface area (Å²) in [4.78, 5) is 4.57. The van der Waals surface area contributed by atoms with E-state index >= 15 is 0 Å². The summed E-state index contributed by atoms with van der Waals surface area (Å²) in [5.74, 6) is 1.54. The van der Waals surface area contributed by atoms with Crippen molar-refractivity contribution < 1.29 is 12.6 Å². The molecule has 142 valence electrons. The lowest BCUT2D eigenvalue weighted by atomic mass is 10.2. The molecule has 0 aliphatic rings. The summed E-state index contributed by atoms with van der Waals surface area (Å²) in [6, 6.07) is 18.3. The Morgan fingerprint density at radius 2 is 1.67 bits per heavy atom. The average Bonchev–Trinajstić information content (AvgIpc) is 3.07. The number of para-hydroxylation sites is 2. The average molecular weight is 404 g/mol. The molecule has 0 spiro atoms. The molecule has 0 amide bonds. The normalized spacial score (nSPS) is 11.7. The van der Waals surface area contributed by atoms with Crippen molar-refractivity contribution in [1.82, 2.24) is 14.8 Å². The summed E-state index contributed by atoms with van der Waals surface area (Å²) < 4.78 is 31.1. The Hall–Kier alpha value is -2.32. The van der Waals surface area contributed by atoms with Crippen LogP contribution in [0.3, 0.4) is 0 Å². The lowest BCUT2D eigenvalue weighted by molar-refractivity contribution is 0.488. The van der Waals surface area contributed by atoms with Crippen LogP contribution in [-0.2, 0) is 10.1 Å². The van der Waals surface area contributed by atoms with Crippen LogP contribution in [0.15, 0.2) is 65.8 Å². The second-order valence-electron chi connectivity index (χ2n) is 6.16. The van der Waals surface area contributed by atoms with Crippen molar-refractivity contribution in [3.63, 3.8) is 0 Å². The van der Waals surface area contributed by atoms with Gasteiger partial charge < -0.3 is 4.18 Å². The Bertz CT molecular complexity index is 972. The zero-order valence-electron chi connectivity index (χ0n) is 15.1. The molecule has 0 unspecified atom stereocenters. The molecule has 0 fully saturated rings. The first-order valence-electron chi connectivity index (χ1n) is 8.57. The summed E-state index contributed by atoms with van der Waals surface area (Å²) in [5.41, 5.74) is 0.931. The number of hydrogen-bond acceptors (Lipinski definition) is 6. The van der Waals surface area contributed by atoms with Gasteiger partial charge in [0.05, 0.1) is 11.4 Å². The minimum atomic E-state index is -3.66. The van der Waals surface area contributed by atoms with Gasteiger partial charge in [0.25, 0.3) is 0 Å². The molecule has 0 N–H and O–H groups in total. The number of thioether (sulfide) groups is 1. The van der Waals surface area contributed by atoms with Crippen molar-refractivity contribution >= 4 is 21.9 Å². The maximum Gasteiger partial charge on any atom is 0.310 e. The van der Waals surface area contributed by atoms with E-state index in [2.05, 4.69) is 23.9 Å². The van der Waals surface area contributed by atoms with Crippen LogP contribution in [0.4, 0.5) is 0 Å². The lowest BCUT2D eigenvalue weighted by Gasteiger charge is -2.07. The Kier molecular flexibility index (Phi) is 6.18. The molecule has 6 nitrogen and oxygen atoms in total. The number of hydrogen-bond donors (Lipinski definition) is 0. The van der Waals surface area contributed by atoms with Gasteiger partial charge in [0, 0.05) is 11.7 Å². The third-order valence-electron chi connectivity index (χ3n) is 3.66. The van der Waals surface area contributed by atoms with E-state index in [1.54, 1.807) is 30.3 Å². The summed E-state index contributed by atoms with van der Waals surface area (Å²) in [6.45, 7) is 4.10. The number of nitrogens with zero attached hydrogens (tertiary/aromatic N) is 3. The zero-order chi connectivity index (χ0) is 19.3. The maximum atomic E-state index is 12.1. The first kappa shape index (κ1) is 19.4. The largest absolute Gasteiger partial charge is 0.382 e. The van der Waals surface area contributed by atoms with E-state index in [1.807, 2.05) is 35.0 Å². The predicted molar refractivity (Wildman–Crippen MR) is 107 cm³/mol.